The molecule has 1 fully saturated rings. The number of aromatic nitrogens is 4. The normalized spacial score (nSPS) is 13.1. The minimum Gasteiger partial charge on any atom is -0.351 e. The Morgan fingerprint density at radius 1 is 1.23 bits per heavy atom. The summed E-state index contributed by atoms with van der Waals surface area (Å²) in [5.41, 5.74) is 0.949. The maximum absolute atomic E-state index is 13.1. The van der Waals surface area contributed by atoms with Crippen LogP contribution in [0.2, 0.25) is 5.02 Å². The van der Waals surface area contributed by atoms with Crippen molar-refractivity contribution in [1.82, 2.24) is 30.4 Å². The van der Waals surface area contributed by atoms with E-state index in [9.17, 15) is 14.0 Å². The van der Waals surface area contributed by atoms with Crippen molar-refractivity contribution in [3.8, 4) is 5.82 Å². The van der Waals surface area contributed by atoms with E-state index in [-0.39, 0.29) is 35.2 Å². The summed E-state index contributed by atoms with van der Waals surface area (Å²) in [5.74, 6) is -0.236. The lowest BCUT2D eigenvalue weighted by atomic mass is 10.2. The van der Waals surface area contributed by atoms with Crippen LogP contribution in [0.25, 0.3) is 5.82 Å². The number of halogens is 2. The molecule has 1 aliphatic carbocycles. The lowest BCUT2D eigenvalue weighted by Gasteiger charge is -2.07. The molecule has 0 saturated heterocycles. The Morgan fingerprint density at radius 2 is 2.06 bits per heavy atom. The molecule has 2 aromatic heterocycles. The van der Waals surface area contributed by atoms with Gasteiger partial charge in [0, 0.05) is 29.9 Å². The SMILES string of the molecule is O=C(CSc1cc(-n2ccc(C(=O)NC3CC3)n2)ncn1)NCc1ccc(F)cc1Cl. The number of nitrogens with zero attached hydrogens (tertiary/aromatic N) is 4. The second-order valence-electron chi connectivity index (χ2n) is 6.91. The van der Waals surface area contributed by atoms with E-state index in [1.165, 1.54) is 41.0 Å². The molecule has 0 spiro atoms. The summed E-state index contributed by atoms with van der Waals surface area (Å²) in [4.78, 5) is 32.6. The Bertz CT molecular complexity index is 1120. The second-order valence-corrected chi connectivity index (χ2v) is 8.31. The van der Waals surface area contributed by atoms with Gasteiger partial charge in [-0.25, -0.2) is 19.0 Å². The predicted molar refractivity (Wildman–Crippen MR) is 114 cm³/mol. The lowest BCUT2D eigenvalue weighted by molar-refractivity contribution is -0.118. The summed E-state index contributed by atoms with van der Waals surface area (Å²) in [6, 6.07) is 7.60. The Morgan fingerprint density at radius 3 is 2.84 bits per heavy atom. The Kier molecular flexibility index (Phi) is 6.47. The molecule has 3 aromatic rings. The minimum absolute atomic E-state index is 0.128. The van der Waals surface area contributed by atoms with E-state index in [0.29, 0.717) is 22.1 Å². The Labute approximate surface area is 186 Å². The van der Waals surface area contributed by atoms with Crippen molar-refractivity contribution in [3.63, 3.8) is 0 Å². The number of benzene rings is 1. The maximum Gasteiger partial charge on any atom is 0.272 e. The summed E-state index contributed by atoms with van der Waals surface area (Å²) in [6.07, 6.45) is 5.03. The third-order valence-corrected chi connectivity index (χ3v) is 5.72. The number of thioether (sulfide) groups is 1. The van der Waals surface area contributed by atoms with Gasteiger partial charge in [0.05, 0.1) is 5.75 Å². The molecule has 1 aromatic carbocycles. The van der Waals surface area contributed by atoms with Crippen LogP contribution in [0.5, 0.6) is 0 Å². The average molecular weight is 461 g/mol. The van der Waals surface area contributed by atoms with Gasteiger partial charge in [0.15, 0.2) is 11.5 Å². The third-order valence-electron chi connectivity index (χ3n) is 4.44. The van der Waals surface area contributed by atoms with Crippen LogP contribution in [-0.4, -0.2) is 43.4 Å². The van der Waals surface area contributed by atoms with Crippen LogP contribution < -0.4 is 10.6 Å². The highest BCUT2D eigenvalue weighted by atomic mass is 35.5. The lowest BCUT2D eigenvalue weighted by Crippen LogP contribution is -2.25. The van der Waals surface area contributed by atoms with Gasteiger partial charge >= 0.3 is 0 Å². The van der Waals surface area contributed by atoms with Crippen LogP contribution in [0.15, 0.2) is 47.9 Å². The molecule has 0 radical (unpaired) electrons. The molecule has 0 aliphatic heterocycles. The first-order chi connectivity index (χ1) is 15.0. The number of amides is 2. The highest BCUT2D eigenvalue weighted by molar-refractivity contribution is 7.99. The van der Waals surface area contributed by atoms with Crippen molar-refractivity contribution >= 4 is 35.2 Å². The number of carbonyl (C=O) groups is 2. The van der Waals surface area contributed by atoms with Crippen molar-refractivity contribution in [2.45, 2.75) is 30.5 Å². The third kappa shape index (κ3) is 5.80. The van der Waals surface area contributed by atoms with E-state index in [1.54, 1.807) is 18.3 Å². The molecule has 1 aliphatic rings. The quantitative estimate of drug-likeness (QED) is 0.396. The summed E-state index contributed by atoms with van der Waals surface area (Å²) >= 11 is 7.20. The van der Waals surface area contributed by atoms with Crippen molar-refractivity contribution < 1.29 is 14.0 Å². The monoisotopic (exact) mass is 460 g/mol. The molecule has 160 valence electrons. The summed E-state index contributed by atoms with van der Waals surface area (Å²) in [5, 5.41) is 10.7. The molecule has 2 N–H and O–H groups in total. The molecule has 2 amide bonds. The zero-order chi connectivity index (χ0) is 21.8. The highest BCUT2D eigenvalue weighted by Gasteiger charge is 2.24. The standard InChI is InChI=1S/C20H18ClFN6O2S/c21-15-7-13(22)2-1-12(15)9-23-18(29)10-31-19-8-17(24-11-25-19)28-6-5-16(27-28)20(30)26-14-3-4-14/h1-2,5-8,11,14H,3-4,9-10H2,(H,23,29)(H,26,30). The molecule has 0 atom stereocenters. The van der Waals surface area contributed by atoms with Crippen molar-refractivity contribution in [3.05, 3.63) is 65.0 Å². The van der Waals surface area contributed by atoms with Crippen molar-refractivity contribution in [2.24, 2.45) is 0 Å². The summed E-state index contributed by atoms with van der Waals surface area (Å²) in [7, 11) is 0. The van der Waals surface area contributed by atoms with Crippen molar-refractivity contribution in [1.29, 1.82) is 0 Å². The van der Waals surface area contributed by atoms with Crippen LogP contribution in [0.1, 0.15) is 28.9 Å². The van der Waals surface area contributed by atoms with Crippen LogP contribution in [-0.2, 0) is 11.3 Å². The van der Waals surface area contributed by atoms with Gasteiger partial charge < -0.3 is 10.6 Å². The van der Waals surface area contributed by atoms with Gasteiger partial charge in [-0.1, -0.05) is 29.4 Å². The minimum atomic E-state index is -0.428. The van der Waals surface area contributed by atoms with Gasteiger partial charge in [-0.3, -0.25) is 9.59 Å². The molecular weight excluding hydrogens is 443 g/mol. The van der Waals surface area contributed by atoms with Crippen LogP contribution in [0.4, 0.5) is 4.39 Å². The Balaban J connectivity index is 1.31. The number of carbonyl (C=O) groups excluding carboxylic acids is 2. The highest BCUT2D eigenvalue weighted by Crippen LogP contribution is 2.20. The van der Waals surface area contributed by atoms with Gasteiger partial charge in [-0.2, -0.15) is 5.10 Å². The zero-order valence-electron chi connectivity index (χ0n) is 16.2. The fourth-order valence-corrected chi connectivity index (χ4v) is 3.57. The van der Waals surface area contributed by atoms with Gasteiger partial charge in [0.1, 0.15) is 17.2 Å². The number of nitrogens with one attached hydrogen (secondary N) is 2. The van der Waals surface area contributed by atoms with Gasteiger partial charge in [0.2, 0.25) is 5.91 Å². The second kappa shape index (κ2) is 9.44. The average Bonchev–Trinajstić information content (AvgIpc) is 3.43. The largest absolute Gasteiger partial charge is 0.351 e. The summed E-state index contributed by atoms with van der Waals surface area (Å²) < 4.78 is 14.6. The molecule has 4 rings (SSSR count). The fraction of sp³-hybridized carbons (Fsp3) is 0.250. The number of rotatable bonds is 8. The van der Waals surface area contributed by atoms with E-state index in [4.69, 9.17) is 11.6 Å². The van der Waals surface area contributed by atoms with Crippen LogP contribution in [0.3, 0.4) is 0 Å². The predicted octanol–water partition coefficient (Wildman–Crippen LogP) is 2.76. The molecule has 2 heterocycles. The molecule has 11 heteroatoms. The first-order valence-electron chi connectivity index (χ1n) is 9.50. The van der Waals surface area contributed by atoms with E-state index in [2.05, 4.69) is 25.7 Å². The molecule has 0 unspecified atom stereocenters. The van der Waals surface area contributed by atoms with Gasteiger partial charge in [-0.15, -0.1) is 0 Å². The Hall–Kier alpha value is -2.98. The maximum atomic E-state index is 13.1. The molecule has 31 heavy (non-hydrogen) atoms. The van der Waals surface area contributed by atoms with E-state index < -0.39 is 5.82 Å². The van der Waals surface area contributed by atoms with Crippen LogP contribution >= 0.6 is 23.4 Å². The van der Waals surface area contributed by atoms with E-state index in [1.807, 2.05) is 0 Å². The first kappa shape index (κ1) is 21.3. The van der Waals surface area contributed by atoms with Crippen molar-refractivity contribution in [2.75, 3.05) is 5.75 Å². The zero-order valence-corrected chi connectivity index (χ0v) is 17.8. The van der Waals surface area contributed by atoms with Gasteiger partial charge in [-0.05, 0) is 36.6 Å². The smallest absolute Gasteiger partial charge is 0.272 e. The molecular formula is C20H18ClFN6O2S. The number of hydrogen-bond donors (Lipinski definition) is 2. The van der Waals surface area contributed by atoms with Gasteiger partial charge in [0.25, 0.3) is 5.91 Å². The topological polar surface area (TPSA) is 102 Å². The molecule has 1 saturated carbocycles. The van der Waals surface area contributed by atoms with Crippen LogP contribution in [0, 0.1) is 5.82 Å². The fourth-order valence-electron chi connectivity index (χ4n) is 2.64. The van der Waals surface area contributed by atoms with E-state index >= 15 is 0 Å². The number of hydrogen-bond acceptors (Lipinski definition) is 6. The molecule has 0 bridgehead atoms. The first-order valence-corrected chi connectivity index (χ1v) is 10.9. The molecule has 8 nitrogen and oxygen atoms in total. The van der Waals surface area contributed by atoms with E-state index in [0.717, 1.165) is 12.8 Å². The summed E-state index contributed by atoms with van der Waals surface area (Å²) in [6.45, 7) is 0.201.